The molecule has 0 spiro atoms. The Morgan fingerprint density at radius 1 is 0.483 bits per heavy atom. The van der Waals surface area contributed by atoms with E-state index in [0.717, 1.165) is 0 Å². The van der Waals surface area contributed by atoms with Gasteiger partial charge in [0.05, 0.1) is 0 Å². The zero-order valence-corrected chi connectivity index (χ0v) is 12.9. The molecule has 2 aromatic rings. The van der Waals surface area contributed by atoms with E-state index < -0.39 is 86.5 Å². The number of halogens is 13. The predicted octanol–water partition coefficient (Wildman–Crippen LogP) is 5.21. The number of hydrogen-bond donors (Lipinski definition) is 1. The van der Waals surface area contributed by atoms with Crippen LogP contribution in [0.1, 0.15) is 11.1 Å². The Bertz CT molecular complexity index is 1000. The van der Waals surface area contributed by atoms with E-state index in [2.05, 4.69) is 0 Å². The first-order valence-electron chi connectivity index (χ1n) is 6.93. The van der Waals surface area contributed by atoms with Crippen molar-refractivity contribution in [3.8, 4) is 11.1 Å². The van der Waals surface area contributed by atoms with Gasteiger partial charge >= 0.3 is 12.1 Å². The molecule has 1 N–H and O–H groups in total. The van der Waals surface area contributed by atoms with Gasteiger partial charge in [-0.1, -0.05) is 0 Å². The third kappa shape index (κ3) is 2.23. The molecule has 1 aliphatic carbocycles. The average molecular weight is 444 g/mol. The summed E-state index contributed by atoms with van der Waals surface area (Å²) >= 11 is 0. The van der Waals surface area contributed by atoms with Crippen molar-refractivity contribution in [3.63, 3.8) is 0 Å². The maximum Gasteiger partial charge on any atom is 0.457 e. The maximum atomic E-state index is 14.1. The second-order valence-electron chi connectivity index (χ2n) is 5.79. The summed E-state index contributed by atoms with van der Waals surface area (Å²) in [5, 5.41) is 10.0. The molecule has 0 saturated heterocycles. The molecule has 0 atom stereocenters. The van der Waals surface area contributed by atoms with Crippen LogP contribution in [-0.4, -0.2) is 17.2 Å². The molecule has 0 unspecified atom stereocenters. The van der Waals surface area contributed by atoms with E-state index in [-0.39, 0.29) is 0 Å². The lowest BCUT2D eigenvalue weighted by Gasteiger charge is -2.35. The van der Waals surface area contributed by atoms with Crippen LogP contribution in [0.15, 0.2) is 0 Å². The first-order valence-corrected chi connectivity index (χ1v) is 6.93. The van der Waals surface area contributed by atoms with E-state index in [4.69, 9.17) is 0 Å². The molecule has 0 amide bonds. The quantitative estimate of drug-likeness (QED) is 0.364. The smallest absolute Gasteiger partial charge is 0.374 e. The van der Waals surface area contributed by atoms with Gasteiger partial charge in [-0.05, 0) is 0 Å². The van der Waals surface area contributed by atoms with Gasteiger partial charge in [-0.15, -0.1) is 0 Å². The first kappa shape index (κ1) is 21.2. The SMILES string of the molecule is OC1(C(F)(F)C(F)(F)F)c2c(F)c(F)c(F)c(F)c2-c2c(F)c(F)c(F)c(F)c21. The largest absolute Gasteiger partial charge is 0.457 e. The van der Waals surface area contributed by atoms with Crippen LogP contribution < -0.4 is 0 Å². The molecule has 14 heteroatoms. The van der Waals surface area contributed by atoms with E-state index >= 15 is 0 Å². The van der Waals surface area contributed by atoms with E-state index in [9.17, 15) is 62.2 Å². The zero-order chi connectivity index (χ0) is 22.4. The summed E-state index contributed by atoms with van der Waals surface area (Å²) < 4.78 is 177. The molecule has 158 valence electrons. The highest BCUT2D eigenvalue weighted by atomic mass is 19.4. The summed E-state index contributed by atoms with van der Waals surface area (Å²) in [7, 11) is 0. The monoisotopic (exact) mass is 444 g/mol. The number of hydrogen-bond acceptors (Lipinski definition) is 1. The highest BCUT2D eigenvalue weighted by Crippen LogP contribution is 2.61. The lowest BCUT2D eigenvalue weighted by molar-refractivity contribution is -0.336. The molecule has 0 aliphatic heterocycles. The van der Waals surface area contributed by atoms with Crippen molar-refractivity contribution < 1.29 is 62.2 Å². The van der Waals surface area contributed by atoms with Gasteiger partial charge in [0, 0.05) is 22.3 Å². The van der Waals surface area contributed by atoms with Crippen LogP contribution in [0.25, 0.3) is 11.1 Å². The van der Waals surface area contributed by atoms with Crippen LogP contribution in [0.2, 0.25) is 0 Å². The number of fused-ring (bicyclic) bond motifs is 3. The van der Waals surface area contributed by atoms with Gasteiger partial charge in [-0.25, -0.2) is 35.1 Å². The van der Waals surface area contributed by atoms with E-state index in [1.54, 1.807) is 0 Å². The fraction of sp³-hybridized carbons (Fsp3) is 0.200. The summed E-state index contributed by atoms with van der Waals surface area (Å²) in [5.74, 6) is -30.5. The third-order valence-electron chi connectivity index (χ3n) is 4.32. The minimum atomic E-state index is -6.93. The van der Waals surface area contributed by atoms with Crippen molar-refractivity contribution in [3.05, 3.63) is 57.7 Å². The second kappa shape index (κ2) is 5.77. The van der Waals surface area contributed by atoms with Crippen LogP contribution >= 0.6 is 0 Å². The van der Waals surface area contributed by atoms with Crippen molar-refractivity contribution in [1.29, 1.82) is 0 Å². The van der Waals surface area contributed by atoms with Crippen molar-refractivity contribution in [1.82, 2.24) is 0 Å². The van der Waals surface area contributed by atoms with Crippen molar-refractivity contribution >= 4 is 0 Å². The van der Waals surface area contributed by atoms with Crippen molar-refractivity contribution in [2.75, 3.05) is 0 Å². The number of benzene rings is 2. The Kier molecular flexibility index (Phi) is 4.22. The second-order valence-corrected chi connectivity index (χ2v) is 5.79. The minimum absolute atomic E-state index is 2.38. The lowest BCUT2D eigenvalue weighted by atomic mass is 9.83. The van der Waals surface area contributed by atoms with Gasteiger partial charge in [0.1, 0.15) is 0 Å². The third-order valence-corrected chi connectivity index (χ3v) is 4.32. The molecule has 0 bridgehead atoms. The molecule has 1 nitrogen and oxygen atoms in total. The first-order chi connectivity index (χ1) is 13.0. The average Bonchev–Trinajstić information content (AvgIpc) is 2.91. The zero-order valence-electron chi connectivity index (χ0n) is 12.9. The van der Waals surface area contributed by atoms with Gasteiger partial charge in [0.25, 0.3) is 0 Å². The molecular formula is C15HF13O. The molecular weight excluding hydrogens is 443 g/mol. The Morgan fingerprint density at radius 2 is 0.759 bits per heavy atom. The summed E-state index contributed by atoms with van der Waals surface area (Å²) in [6, 6.07) is 0. The predicted molar refractivity (Wildman–Crippen MR) is 65.5 cm³/mol. The molecule has 2 aromatic carbocycles. The van der Waals surface area contributed by atoms with Crippen molar-refractivity contribution in [2.24, 2.45) is 0 Å². The van der Waals surface area contributed by atoms with Crippen molar-refractivity contribution in [2.45, 2.75) is 17.7 Å². The normalized spacial score (nSPS) is 15.5. The van der Waals surface area contributed by atoms with Crippen LogP contribution in [0.3, 0.4) is 0 Å². The lowest BCUT2D eigenvalue weighted by Crippen LogP contribution is -2.55. The number of rotatable bonds is 1. The van der Waals surface area contributed by atoms with Gasteiger partial charge in [0.15, 0.2) is 52.1 Å². The summed E-state index contributed by atoms with van der Waals surface area (Å²) in [5.41, 5.74) is -15.9. The molecule has 0 heterocycles. The number of alkyl halides is 5. The highest BCUT2D eigenvalue weighted by molar-refractivity contribution is 5.82. The molecule has 0 fully saturated rings. The molecule has 29 heavy (non-hydrogen) atoms. The summed E-state index contributed by atoms with van der Waals surface area (Å²) in [4.78, 5) is 0. The van der Waals surface area contributed by atoms with Crippen LogP contribution in [0.4, 0.5) is 57.1 Å². The molecule has 1 aliphatic rings. The van der Waals surface area contributed by atoms with Gasteiger partial charge in [-0.2, -0.15) is 22.0 Å². The Balaban J connectivity index is 2.71. The maximum absolute atomic E-state index is 14.1. The van der Waals surface area contributed by atoms with Crippen LogP contribution in [0, 0.1) is 46.5 Å². The topological polar surface area (TPSA) is 20.2 Å². The fourth-order valence-electron chi connectivity index (χ4n) is 3.06. The summed E-state index contributed by atoms with van der Waals surface area (Å²) in [6.45, 7) is 0. The van der Waals surface area contributed by atoms with Gasteiger partial charge in [-0.3, -0.25) is 0 Å². The number of aliphatic hydroxyl groups is 1. The van der Waals surface area contributed by atoms with Crippen LogP contribution in [-0.2, 0) is 5.60 Å². The van der Waals surface area contributed by atoms with E-state index in [1.165, 1.54) is 0 Å². The molecule has 0 saturated carbocycles. The van der Waals surface area contributed by atoms with E-state index in [1.807, 2.05) is 0 Å². The highest BCUT2D eigenvalue weighted by Gasteiger charge is 2.75. The Labute approximate surface area is 150 Å². The standard InChI is InChI=1S/C15HF13O/c16-5-1-2-4(8(19)12(23)10(21)6(2)17)13(29,14(24,25)15(26,27)28)3(1)7(18)11(22)9(5)20/h29H. The van der Waals surface area contributed by atoms with E-state index in [0.29, 0.717) is 0 Å². The van der Waals surface area contributed by atoms with Crippen LogP contribution in [0.5, 0.6) is 0 Å². The Morgan fingerprint density at radius 3 is 1.03 bits per heavy atom. The fourth-order valence-corrected chi connectivity index (χ4v) is 3.06. The molecule has 3 rings (SSSR count). The summed E-state index contributed by atoms with van der Waals surface area (Å²) in [6.07, 6.45) is -6.93. The Hall–Kier alpha value is -2.51. The van der Waals surface area contributed by atoms with Gasteiger partial charge in [0.2, 0.25) is 0 Å². The molecule has 0 radical (unpaired) electrons. The minimum Gasteiger partial charge on any atom is -0.374 e. The van der Waals surface area contributed by atoms with Gasteiger partial charge < -0.3 is 5.11 Å². The molecule has 0 aromatic heterocycles.